The summed E-state index contributed by atoms with van der Waals surface area (Å²) < 4.78 is 7.12. The van der Waals surface area contributed by atoms with Gasteiger partial charge in [-0.25, -0.2) is 0 Å². The van der Waals surface area contributed by atoms with Crippen molar-refractivity contribution in [1.82, 2.24) is 9.78 Å². The first-order valence-electron chi connectivity index (χ1n) is 5.98. The fraction of sp³-hybridized carbons (Fsp3) is 0.727. The van der Waals surface area contributed by atoms with E-state index in [-0.39, 0.29) is 16.7 Å². The summed E-state index contributed by atoms with van der Waals surface area (Å²) in [6.07, 6.45) is 3.62. The van der Waals surface area contributed by atoms with Crippen LogP contribution in [0.5, 0.6) is 0 Å². The van der Waals surface area contributed by atoms with Crippen LogP contribution in [-0.2, 0) is 4.74 Å². The third-order valence-electron chi connectivity index (χ3n) is 3.57. The van der Waals surface area contributed by atoms with Gasteiger partial charge in [0, 0.05) is 11.8 Å². The van der Waals surface area contributed by atoms with Gasteiger partial charge in [-0.3, -0.25) is 14.8 Å². The molecule has 1 aliphatic heterocycles. The summed E-state index contributed by atoms with van der Waals surface area (Å²) in [7, 11) is 0. The monoisotopic (exact) mass is 237 g/mol. The van der Waals surface area contributed by atoms with Gasteiger partial charge in [0.1, 0.15) is 11.9 Å². The molecule has 6 heteroatoms. The number of nitro groups is 1. The van der Waals surface area contributed by atoms with Crippen LogP contribution in [0.25, 0.3) is 0 Å². The van der Waals surface area contributed by atoms with Crippen molar-refractivity contribution in [1.29, 1.82) is 0 Å². The molecule has 6 nitrogen and oxygen atoms in total. The van der Waals surface area contributed by atoms with Crippen molar-refractivity contribution in [3.05, 3.63) is 22.0 Å². The summed E-state index contributed by atoms with van der Waals surface area (Å²) in [5, 5.41) is 15.4. The SMILES string of the molecule is CC1COCC1n1cc([N+](=O)[O-])c(C2CC2)n1. The highest BCUT2D eigenvalue weighted by molar-refractivity contribution is 5.37. The van der Waals surface area contributed by atoms with E-state index in [1.165, 1.54) is 0 Å². The minimum absolute atomic E-state index is 0.140. The maximum absolute atomic E-state index is 11.0. The predicted molar refractivity (Wildman–Crippen MR) is 59.9 cm³/mol. The lowest BCUT2D eigenvalue weighted by molar-refractivity contribution is -0.385. The molecule has 3 rings (SSSR count). The smallest absolute Gasteiger partial charge is 0.310 e. The summed E-state index contributed by atoms with van der Waals surface area (Å²) in [6, 6.07) is 0.140. The van der Waals surface area contributed by atoms with Gasteiger partial charge >= 0.3 is 5.69 Å². The second kappa shape index (κ2) is 3.80. The Bertz CT molecular complexity index is 453. The largest absolute Gasteiger partial charge is 0.379 e. The molecule has 1 aromatic rings. The van der Waals surface area contributed by atoms with E-state index in [9.17, 15) is 10.1 Å². The van der Waals surface area contributed by atoms with Gasteiger partial charge in [-0.1, -0.05) is 6.92 Å². The Morgan fingerprint density at radius 2 is 2.29 bits per heavy atom. The van der Waals surface area contributed by atoms with Crippen molar-refractivity contribution in [2.24, 2.45) is 5.92 Å². The summed E-state index contributed by atoms with van der Waals surface area (Å²) in [5.74, 6) is 0.663. The predicted octanol–water partition coefficient (Wildman–Crippen LogP) is 1.88. The molecule has 0 spiro atoms. The van der Waals surface area contributed by atoms with Crippen LogP contribution in [0.4, 0.5) is 5.69 Å². The van der Waals surface area contributed by atoms with Gasteiger partial charge in [0.05, 0.1) is 24.2 Å². The van der Waals surface area contributed by atoms with Crippen molar-refractivity contribution in [3.63, 3.8) is 0 Å². The Labute approximate surface area is 98.7 Å². The molecule has 0 radical (unpaired) electrons. The second-order valence-electron chi connectivity index (χ2n) is 4.99. The van der Waals surface area contributed by atoms with Gasteiger partial charge in [0.2, 0.25) is 0 Å². The molecule has 92 valence electrons. The van der Waals surface area contributed by atoms with Crippen LogP contribution in [-0.4, -0.2) is 27.9 Å². The Morgan fingerprint density at radius 1 is 1.53 bits per heavy atom. The minimum Gasteiger partial charge on any atom is -0.379 e. The first kappa shape index (κ1) is 10.7. The van der Waals surface area contributed by atoms with Crippen LogP contribution in [0, 0.1) is 16.0 Å². The van der Waals surface area contributed by atoms with Gasteiger partial charge in [0.25, 0.3) is 0 Å². The molecule has 0 bridgehead atoms. The first-order valence-corrected chi connectivity index (χ1v) is 5.98. The van der Waals surface area contributed by atoms with Gasteiger partial charge in [-0.2, -0.15) is 5.10 Å². The van der Waals surface area contributed by atoms with Crippen LogP contribution in [0.2, 0.25) is 0 Å². The van der Waals surface area contributed by atoms with Crippen LogP contribution >= 0.6 is 0 Å². The van der Waals surface area contributed by atoms with Crippen molar-refractivity contribution in [2.75, 3.05) is 13.2 Å². The van der Waals surface area contributed by atoms with Gasteiger partial charge in [0.15, 0.2) is 0 Å². The summed E-state index contributed by atoms with van der Waals surface area (Å²) in [4.78, 5) is 10.7. The van der Waals surface area contributed by atoms with Crippen LogP contribution < -0.4 is 0 Å². The zero-order valence-electron chi connectivity index (χ0n) is 9.70. The number of aromatic nitrogens is 2. The molecule has 1 saturated heterocycles. The highest BCUT2D eigenvalue weighted by atomic mass is 16.6. The zero-order valence-corrected chi connectivity index (χ0v) is 9.70. The molecule has 1 aliphatic carbocycles. The lowest BCUT2D eigenvalue weighted by Crippen LogP contribution is -2.16. The standard InChI is InChI=1S/C11H15N3O3/c1-7-5-17-6-10(7)13-4-9(14(15)16)11(12-13)8-2-3-8/h4,7-8,10H,2-3,5-6H2,1H3. The van der Waals surface area contributed by atoms with E-state index in [4.69, 9.17) is 4.74 Å². The molecule has 17 heavy (non-hydrogen) atoms. The normalized spacial score (nSPS) is 28.5. The fourth-order valence-electron chi connectivity index (χ4n) is 2.34. The Hall–Kier alpha value is -1.43. The van der Waals surface area contributed by atoms with Gasteiger partial charge < -0.3 is 4.74 Å². The lowest BCUT2D eigenvalue weighted by atomic mass is 10.1. The third kappa shape index (κ3) is 1.82. The van der Waals surface area contributed by atoms with Crippen molar-refractivity contribution in [3.8, 4) is 0 Å². The maximum atomic E-state index is 11.0. The van der Waals surface area contributed by atoms with Crippen LogP contribution in [0.15, 0.2) is 6.20 Å². The van der Waals surface area contributed by atoms with E-state index in [0.717, 1.165) is 12.8 Å². The molecule has 2 unspecified atom stereocenters. The van der Waals surface area contributed by atoms with Crippen LogP contribution in [0.1, 0.15) is 37.4 Å². The topological polar surface area (TPSA) is 70.2 Å². The molecule has 0 aromatic carbocycles. The quantitative estimate of drug-likeness (QED) is 0.594. The third-order valence-corrected chi connectivity index (χ3v) is 3.57. The summed E-state index contributed by atoms with van der Waals surface area (Å²) in [5.41, 5.74) is 0.834. The second-order valence-corrected chi connectivity index (χ2v) is 4.99. The molecular formula is C11H15N3O3. The molecule has 2 aliphatic rings. The Balaban J connectivity index is 1.95. The van der Waals surface area contributed by atoms with Gasteiger partial charge in [-0.05, 0) is 12.8 Å². The summed E-state index contributed by atoms with van der Waals surface area (Å²) in [6.45, 7) is 3.39. The number of ether oxygens (including phenoxy) is 1. The van der Waals surface area contributed by atoms with Crippen molar-refractivity contribution in [2.45, 2.75) is 31.7 Å². The first-order chi connectivity index (χ1) is 8.16. The molecule has 2 atom stereocenters. The molecule has 1 aromatic heterocycles. The zero-order chi connectivity index (χ0) is 12.0. The number of nitrogens with zero attached hydrogens (tertiary/aromatic N) is 3. The van der Waals surface area contributed by atoms with E-state index in [0.29, 0.717) is 30.7 Å². The number of hydrogen-bond acceptors (Lipinski definition) is 4. The molecule has 0 amide bonds. The summed E-state index contributed by atoms with van der Waals surface area (Å²) >= 11 is 0. The van der Waals surface area contributed by atoms with E-state index in [1.54, 1.807) is 10.9 Å². The van der Waals surface area contributed by atoms with Crippen molar-refractivity contribution < 1.29 is 9.66 Å². The average molecular weight is 237 g/mol. The Morgan fingerprint density at radius 3 is 2.82 bits per heavy atom. The van der Waals surface area contributed by atoms with Gasteiger partial charge in [-0.15, -0.1) is 0 Å². The fourth-order valence-corrected chi connectivity index (χ4v) is 2.34. The van der Waals surface area contributed by atoms with E-state index in [1.807, 2.05) is 0 Å². The molecule has 2 heterocycles. The minimum atomic E-state index is -0.322. The molecular weight excluding hydrogens is 222 g/mol. The molecule has 0 N–H and O–H groups in total. The van der Waals surface area contributed by atoms with E-state index in [2.05, 4.69) is 12.0 Å². The highest BCUT2D eigenvalue weighted by Gasteiger charge is 2.36. The van der Waals surface area contributed by atoms with E-state index < -0.39 is 0 Å². The molecule has 2 fully saturated rings. The van der Waals surface area contributed by atoms with E-state index >= 15 is 0 Å². The van der Waals surface area contributed by atoms with Crippen LogP contribution in [0.3, 0.4) is 0 Å². The Kier molecular flexibility index (Phi) is 2.39. The van der Waals surface area contributed by atoms with Crippen molar-refractivity contribution >= 4 is 5.69 Å². The number of hydrogen-bond donors (Lipinski definition) is 0. The molecule has 1 saturated carbocycles. The average Bonchev–Trinajstić information content (AvgIpc) is 2.88. The lowest BCUT2D eigenvalue weighted by Gasteiger charge is -2.12. The highest BCUT2D eigenvalue weighted by Crippen LogP contribution is 2.43. The number of rotatable bonds is 3. The maximum Gasteiger partial charge on any atom is 0.310 e.